The highest BCUT2D eigenvalue weighted by molar-refractivity contribution is 7.89. The number of phenolic OH excluding ortho intramolecular Hbond substituents is 1. The molecule has 0 aromatic heterocycles. The fourth-order valence-corrected chi connectivity index (χ4v) is 3.16. The standard InChI is InChI=1S/C13H19NO5S/c1-2-3-8-20(18,19)14-12(9-13(16)17)10-4-6-11(15)7-5-10/h4-7,12,14-15H,2-3,8-9H2,1H3,(H,16,17). The van der Waals surface area contributed by atoms with E-state index in [1.165, 1.54) is 24.3 Å². The van der Waals surface area contributed by atoms with Crippen LogP contribution in [0.4, 0.5) is 0 Å². The van der Waals surface area contributed by atoms with E-state index in [-0.39, 0.29) is 17.9 Å². The summed E-state index contributed by atoms with van der Waals surface area (Å²) in [6.45, 7) is 1.88. The number of aromatic hydroxyl groups is 1. The summed E-state index contributed by atoms with van der Waals surface area (Å²) in [7, 11) is -3.52. The Labute approximate surface area is 118 Å². The van der Waals surface area contributed by atoms with E-state index in [1.807, 2.05) is 6.92 Å². The lowest BCUT2D eigenvalue weighted by Crippen LogP contribution is -2.32. The quantitative estimate of drug-likeness (QED) is 0.677. The highest BCUT2D eigenvalue weighted by Gasteiger charge is 2.21. The molecule has 3 N–H and O–H groups in total. The van der Waals surface area contributed by atoms with E-state index in [1.54, 1.807) is 0 Å². The Morgan fingerprint density at radius 2 is 1.90 bits per heavy atom. The molecule has 0 fully saturated rings. The molecule has 112 valence electrons. The monoisotopic (exact) mass is 301 g/mol. The number of hydrogen-bond donors (Lipinski definition) is 3. The summed E-state index contributed by atoms with van der Waals surface area (Å²) in [5.74, 6) is -1.09. The van der Waals surface area contributed by atoms with Gasteiger partial charge in [0, 0.05) is 0 Å². The van der Waals surface area contributed by atoms with Crippen molar-refractivity contribution < 1.29 is 23.4 Å². The van der Waals surface area contributed by atoms with Crippen molar-refractivity contribution in [2.24, 2.45) is 0 Å². The van der Waals surface area contributed by atoms with Gasteiger partial charge in [-0.2, -0.15) is 0 Å². The number of nitrogens with one attached hydrogen (secondary N) is 1. The van der Waals surface area contributed by atoms with Crippen LogP contribution in [-0.2, 0) is 14.8 Å². The minimum atomic E-state index is -3.52. The first-order chi connectivity index (χ1) is 9.34. The van der Waals surface area contributed by atoms with Crippen LogP contribution in [0.5, 0.6) is 5.75 Å². The van der Waals surface area contributed by atoms with E-state index >= 15 is 0 Å². The van der Waals surface area contributed by atoms with Gasteiger partial charge in [-0.05, 0) is 24.1 Å². The Balaban J connectivity index is 2.90. The molecular formula is C13H19NO5S. The summed E-state index contributed by atoms with van der Waals surface area (Å²) in [5.41, 5.74) is 0.505. The smallest absolute Gasteiger partial charge is 0.305 e. The minimum absolute atomic E-state index is 0.0301. The molecule has 0 bridgehead atoms. The van der Waals surface area contributed by atoms with Crippen LogP contribution >= 0.6 is 0 Å². The van der Waals surface area contributed by atoms with Crippen molar-refractivity contribution in [2.75, 3.05) is 5.75 Å². The second kappa shape index (κ2) is 7.25. The Bertz CT molecular complexity index is 538. The third kappa shape index (κ3) is 5.58. The number of hydrogen-bond acceptors (Lipinski definition) is 4. The average Bonchev–Trinajstić information content (AvgIpc) is 2.36. The fourth-order valence-electron chi connectivity index (χ4n) is 1.72. The molecule has 0 radical (unpaired) electrons. The molecule has 1 atom stereocenters. The normalized spacial score (nSPS) is 13.1. The van der Waals surface area contributed by atoms with Crippen LogP contribution in [0, 0.1) is 0 Å². The topological polar surface area (TPSA) is 104 Å². The molecule has 1 aromatic rings. The fraction of sp³-hybridized carbons (Fsp3) is 0.462. The Hall–Kier alpha value is -1.60. The molecule has 1 unspecified atom stereocenters. The molecule has 0 saturated heterocycles. The van der Waals surface area contributed by atoms with Gasteiger partial charge in [0.05, 0.1) is 18.2 Å². The number of rotatable bonds is 8. The lowest BCUT2D eigenvalue weighted by molar-refractivity contribution is -0.137. The first kappa shape index (κ1) is 16.5. The van der Waals surface area contributed by atoms with E-state index in [4.69, 9.17) is 5.11 Å². The van der Waals surface area contributed by atoms with Crippen molar-refractivity contribution >= 4 is 16.0 Å². The van der Waals surface area contributed by atoms with Gasteiger partial charge in [-0.25, -0.2) is 13.1 Å². The molecule has 6 nitrogen and oxygen atoms in total. The van der Waals surface area contributed by atoms with Gasteiger partial charge in [0.2, 0.25) is 10.0 Å². The second-order valence-corrected chi connectivity index (χ2v) is 6.41. The summed E-state index contributed by atoms with van der Waals surface area (Å²) < 4.78 is 26.1. The third-order valence-corrected chi connectivity index (χ3v) is 4.23. The molecule has 0 aliphatic heterocycles. The Kier molecular flexibility index (Phi) is 5.97. The zero-order valence-electron chi connectivity index (χ0n) is 11.2. The number of benzene rings is 1. The number of carboxylic acids is 1. The van der Waals surface area contributed by atoms with Crippen molar-refractivity contribution in [3.8, 4) is 5.75 Å². The van der Waals surface area contributed by atoms with E-state index in [9.17, 15) is 18.3 Å². The van der Waals surface area contributed by atoms with Crippen LogP contribution in [0.3, 0.4) is 0 Å². The molecule has 1 aromatic carbocycles. The average molecular weight is 301 g/mol. The lowest BCUT2D eigenvalue weighted by Gasteiger charge is -2.17. The van der Waals surface area contributed by atoms with Gasteiger partial charge in [-0.15, -0.1) is 0 Å². The first-order valence-corrected chi connectivity index (χ1v) is 8.00. The molecule has 0 aliphatic rings. The third-order valence-electron chi connectivity index (χ3n) is 2.76. The zero-order chi connectivity index (χ0) is 15.2. The van der Waals surface area contributed by atoms with Crippen molar-refractivity contribution in [3.63, 3.8) is 0 Å². The largest absolute Gasteiger partial charge is 0.508 e. The van der Waals surface area contributed by atoms with Crippen molar-refractivity contribution in [1.82, 2.24) is 4.72 Å². The maximum Gasteiger partial charge on any atom is 0.305 e. The van der Waals surface area contributed by atoms with E-state index in [0.717, 1.165) is 6.42 Å². The minimum Gasteiger partial charge on any atom is -0.508 e. The van der Waals surface area contributed by atoms with Gasteiger partial charge >= 0.3 is 5.97 Å². The first-order valence-electron chi connectivity index (χ1n) is 6.35. The van der Waals surface area contributed by atoms with E-state index < -0.39 is 22.0 Å². The number of phenols is 1. The van der Waals surface area contributed by atoms with Gasteiger partial charge < -0.3 is 10.2 Å². The van der Waals surface area contributed by atoms with Crippen molar-refractivity contribution in [3.05, 3.63) is 29.8 Å². The van der Waals surface area contributed by atoms with Crippen LogP contribution < -0.4 is 4.72 Å². The number of carbonyl (C=O) groups is 1. The SMILES string of the molecule is CCCCS(=O)(=O)NC(CC(=O)O)c1ccc(O)cc1. The van der Waals surface area contributed by atoms with Gasteiger partial charge in [-0.1, -0.05) is 25.5 Å². The van der Waals surface area contributed by atoms with Crippen LogP contribution in [-0.4, -0.2) is 30.4 Å². The molecule has 0 amide bonds. The lowest BCUT2D eigenvalue weighted by atomic mass is 10.1. The summed E-state index contributed by atoms with van der Waals surface area (Å²) in [6.07, 6.45) is 0.907. The highest BCUT2D eigenvalue weighted by Crippen LogP contribution is 2.21. The van der Waals surface area contributed by atoms with E-state index in [2.05, 4.69) is 4.72 Å². The predicted octanol–water partition coefficient (Wildman–Crippen LogP) is 1.63. The molecule has 1 rings (SSSR count). The maximum absolute atomic E-state index is 11.9. The van der Waals surface area contributed by atoms with Crippen LogP contribution in [0.2, 0.25) is 0 Å². The van der Waals surface area contributed by atoms with Crippen molar-refractivity contribution in [1.29, 1.82) is 0 Å². The summed E-state index contributed by atoms with van der Waals surface area (Å²) in [4.78, 5) is 10.9. The van der Waals surface area contributed by atoms with Gasteiger partial charge in [-0.3, -0.25) is 4.79 Å². The number of unbranched alkanes of at least 4 members (excludes halogenated alkanes) is 1. The molecule has 20 heavy (non-hydrogen) atoms. The summed E-state index contributed by atoms with van der Waals surface area (Å²) in [6, 6.07) is 4.96. The van der Waals surface area contributed by atoms with Crippen LogP contribution in [0.15, 0.2) is 24.3 Å². The Morgan fingerprint density at radius 3 is 2.40 bits per heavy atom. The number of carboxylic acid groups (broad SMARTS) is 1. The number of sulfonamides is 1. The number of aliphatic carboxylic acids is 1. The van der Waals surface area contributed by atoms with E-state index in [0.29, 0.717) is 12.0 Å². The van der Waals surface area contributed by atoms with Gasteiger partial charge in [0.25, 0.3) is 0 Å². The molecule has 7 heteroatoms. The maximum atomic E-state index is 11.9. The predicted molar refractivity (Wildman–Crippen MR) is 74.9 cm³/mol. The van der Waals surface area contributed by atoms with Crippen LogP contribution in [0.25, 0.3) is 0 Å². The molecule has 0 heterocycles. The second-order valence-electron chi connectivity index (χ2n) is 4.53. The molecular weight excluding hydrogens is 282 g/mol. The zero-order valence-corrected chi connectivity index (χ0v) is 12.1. The molecule has 0 aliphatic carbocycles. The summed E-state index contributed by atoms with van der Waals surface area (Å²) in [5, 5.41) is 18.1. The highest BCUT2D eigenvalue weighted by atomic mass is 32.2. The van der Waals surface area contributed by atoms with Crippen LogP contribution in [0.1, 0.15) is 37.8 Å². The van der Waals surface area contributed by atoms with Crippen molar-refractivity contribution in [2.45, 2.75) is 32.2 Å². The molecule has 0 saturated carbocycles. The van der Waals surface area contributed by atoms with Gasteiger partial charge in [0.15, 0.2) is 0 Å². The van der Waals surface area contributed by atoms with Gasteiger partial charge in [0.1, 0.15) is 5.75 Å². The molecule has 0 spiro atoms. The summed E-state index contributed by atoms with van der Waals surface area (Å²) >= 11 is 0. The Morgan fingerprint density at radius 1 is 1.30 bits per heavy atom.